The first-order valence-corrected chi connectivity index (χ1v) is 12.0. The summed E-state index contributed by atoms with van der Waals surface area (Å²) in [6.07, 6.45) is 6.39. The number of amides is 1. The summed E-state index contributed by atoms with van der Waals surface area (Å²) < 4.78 is -0.494. The molecule has 0 aromatic carbocycles. The molecule has 9 heteroatoms. The van der Waals surface area contributed by atoms with Gasteiger partial charge in [0.2, 0.25) is 0 Å². The van der Waals surface area contributed by atoms with Crippen LogP contribution in [0.15, 0.2) is 9.98 Å². The van der Waals surface area contributed by atoms with E-state index in [-0.39, 0.29) is 11.3 Å². The van der Waals surface area contributed by atoms with Crippen LogP contribution in [0.5, 0.6) is 0 Å². The summed E-state index contributed by atoms with van der Waals surface area (Å²) >= 11 is 1.55. The number of carbonyl (C=O) groups excluding carboxylic acids is 1. The second kappa shape index (κ2) is 8.40. The summed E-state index contributed by atoms with van der Waals surface area (Å²) in [4.78, 5) is 39.4. The van der Waals surface area contributed by atoms with E-state index in [1.807, 2.05) is 20.2 Å². The third kappa shape index (κ3) is 3.92. The minimum Gasteiger partial charge on any atom is -0.480 e. The zero-order chi connectivity index (χ0) is 21.5. The standard InChI is InChI=1S/C21H33N5O3S/c1-4-25-12-9-22-15(25)6-5-14-7-10-24(11-8-14)13-23-16-18(27)26-17(20(28)29)21(2,3)30-19(16)26/h13-14,16-17,19H,4-12H2,1-3H3,(H,28,29)/t16-,17+,19-/m1/s1. The first kappa shape index (κ1) is 21.5. The smallest absolute Gasteiger partial charge is 0.327 e. The van der Waals surface area contributed by atoms with E-state index in [9.17, 15) is 14.7 Å². The number of carboxylic acid groups (broad SMARTS) is 1. The Bertz CT molecular complexity index is 747. The number of carbonyl (C=O) groups is 2. The van der Waals surface area contributed by atoms with Crippen molar-refractivity contribution in [1.82, 2.24) is 14.7 Å². The molecular formula is C21H33N5O3S. The van der Waals surface area contributed by atoms with Gasteiger partial charge in [0.25, 0.3) is 5.91 Å². The average molecular weight is 436 g/mol. The fraction of sp³-hybridized carbons (Fsp3) is 0.810. The van der Waals surface area contributed by atoms with Gasteiger partial charge < -0.3 is 19.8 Å². The van der Waals surface area contributed by atoms with E-state index in [1.54, 1.807) is 11.8 Å². The molecule has 4 heterocycles. The molecule has 3 fully saturated rings. The van der Waals surface area contributed by atoms with Crippen LogP contribution >= 0.6 is 11.8 Å². The van der Waals surface area contributed by atoms with Gasteiger partial charge in [0.15, 0.2) is 6.04 Å². The Labute approximate surface area is 182 Å². The number of hydrogen-bond acceptors (Lipinski definition) is 6. The number of thioether (sulfide) groups is 1. The molecule has 0 unspecified atom stereocenters. The second-order valence-corrected chi connectivity index (χ2v) is 11.0. The molecule has 4 aliphatic rings. The molecule has 30 heavy (non-hydrogen) atoms. The number of carboxylic acids is 1. The van der Waals surface area contributed by atoms with E-state index in [0.717, 1.165) is 57.9 Å². The molecule has 1 amide bonds. The quantitative estimate of drug-likeness (QED) is 0.372. The summed E-state index contributed by atoms with van der Waals surface area (Å²) in [5, 5.41) is 9.35. The first-order chi connectivity index (χ1) is 14.3. The largest absolute Gasteiger partial charge is 0.480 e. The van der Waals surface area contributed by atoms with Crippen molar-refractivity contribution in [2.24, 2.45) is 15.9 Å². The van der Waals surface area contributed by atoms with E-state index >= 15 is 0 Å². The van der Waals surface area contributed by atoms with Crippen molar-refractivity contribution < 1.29 is 14.7 Å². The topological polar surface area (TPSA) is 88.8 Å². The fourth-order valence-electron chi connectivity index (χ4n) is 5.09. The lowest BCUT2D eigenvalue weighted by Gasteiger charge is -2.41. The normalized spacial score (nSPS) is 31.3. The summed E-state index contributed by atoms with van der Waals surface area (Å²) in [5.41, 5.74) is 0. The first-order valence-electron chi connectivity index (χ1n) is 11.1. The zero-order valence-electron chi connectivity index (χ0n) is 18.2. The van der Waals surface area contributed by atoms with Gasteiger partial charge in [0.1, 0.15) is 11.4 Å². The number of likely N-dealkylation sites (N-methyl/N-ethyl adjacent to an activating group) is 1. The SMILES string of the molecule is CCN1CCN=C1CCC1CCN(C=N[C@@H]2C(=O)N3[C@@H]2SC(C)(C)[C@@H]3C(=O)O)CC1. The lowest BCUT2D eigenvalue weighted by Crippen LogP contribution is -2.65. The Morgan fingerprint density at radius 2 is 2.07 bits per heavy atom. The van der Waals surface area contributed by atoms with E-state index in [4.69, 9.17) is 0 Å². The molecule has 166 valence electrons. The Kier molecular flexibility index (Phi) is 6.01. The predicted molar refractivity (Wildman–Crippen MR) is 119 cm³/mol. The van der Waals surface area contributed by atoms with Crippen molar-refractivity contribution in [2.75, 3.05) is 32.7 Å². The van der Waals surface area contributed by atoms with Crippen LogP contribution in [0, 0.1) is 5.92 Å². The number of β-lactam (4-membered cyclic amide) rings is 1. The highest BCUT2D eigenvalue weighted by Gasteiger charge is 2.63. The Morgan fingerprint density at radius 3 is 2.73 bits per heavy atom. The van der Waals surface area contributed by atoms with Crippen molar-refractivity contribution >= 4 is 35.8 Å². The molecule has 4 aliphatic heterocycles. The number of nitrogens with zero attached hydrogens (tertiary/aromatic N) is 5. The number of aliphatic imine (C=N–C) groups is 2. The number of fused-ring (bicyclic) bond motifs is 1. The number of piperidine rings is 1. The molecule has 0 aromatic heterocycles. The molecule has 8 nitrogen and oxygen atoms in total. The molecule has 3 atom stereocenters. The molecule has 0 spiro atoms. The molecule has 0 aromatic rings. The molecule has 0 saturated carbocycles. The predicted octanol–water partition coefficient (Wildman–Crippen LogP) is 1.76. The number of amidine groups is 1. The highest BCUT2D eigenvalue weighted by Crippen LogP contribution is 2.51. The second-order valence-electron chi connectivity index (χ2n) is 9.20. The third-order valence-electron chi connectivity index (χ3n) is 6.87. The van der Waals surface area contributed by atoms with Crippen LogP contribution in [0.2, 0.25) is 0 Å². The molecule has 4 rings (SSSR count). The molecule has 0 radical (unpaired) electrons. The van der Waals surface area contributed by atoms with Crippen molar-refractivity contribution in [2.45, 2.75) is 68.7 Å². The Hall–Kier alpha value is -1.77. The maximum atomic E-state index is 12.5. The summed E-state index contributed by atoms with van der Waals surface area (Å²) in [5.74, 6) is 0.916. The summed E-state index contributed by atoms with van der Waals surface area (Å²) in [7, 11) is 0. The number of hydrogen-bond donors (Lipinski definition) is 1. The molecule has 0 aliphatic carbocycles. The van der Waals surface area contributed by atoms with Gasteiger partial charge in [-0.2, -0.15) is 0 Å². The molecule has 0 bridgehead atoms. The molecule has 3 saturated heterocycles. The highest BCUT2D eigenvalue weighted by atomic mass is 32.2. The number of rotatable bonds is 7. The highest BCUT2D eigenvalue weighted by molar-refractivity contribution is 8.01. The number of aliphatic carboxylic acids is 1. The lowest BCUT2D eigenvalue weighted by atomic mass is 9.92. The average Bonchev–Trinajstić information content (AvgIpc) is 3.27. The van der Waals surface area contributed by atoms with Gasteiger partial charge in [0.05, 0.1) is 18.7 Å². The summed E-state index contributed by atoms with van der Waals surface area (Å²) in [6, 6.07) is -1.22. The van der Waals surface area contributed by atoms with Crippen molar-refractivity contribution in [3.05, 3.63) is 0 Å². The van der Waals surface area contributed by atoms with Gasteiger partial charge in [-0.25, -0.2) is 4.79 Å². The van der Waals surface area contributed by atoms with Crippen LogP contribution in [0.3, 0.4) is 0 Å². The maximum Gasteiger partial charge on any atom is 0.327 e. The fourth-order valence-corrected chi connectivity index (χ4v) is 6.71. The van der Waals surface area contributed by atoms with Gasteiger partial charge in [-0.15, -0.1) is 11.8 Å². The van der Waals surface area contributed by atoms with Crippen molar-refractivity contribution in [1.29, 1.82) is 0 Å². The van der Waals surface area contributed by atoms with Crippen LogP contribution in [0.1, 0.15) is 46.5 Å². The van der Waals surface area contributed by atoms with Crippen LogP contribution in [0.4, 0.5) is 0 Å². The van der Waals surface area contributed by atoms with E-state index < -0.39 is 22.8 Å². The van der Waals surface area contributed by atoms with E-state index in [2.05, 4.69) is 26.7 Å². The lowest BCUT2D eigenvalue weighted by molar-refractivity contribution is -0.158. The monoisotopic (exact) mass is 435 g/mol. The maximum absolute atomic E-state index is 12.5. The molecular weight excluding hydrogens is 402 g/mol. The van der Waals surface area contributed by atoms with Crippen LogP contribution in [0.25, 0.3) is 0 Å². The van der Waals surface area contributed by atoms with Gasteiger partial charge in [-0.3, -0.25) is 14.8 Å². The Morgan fingerprint density at radius 1 is 1.33 bits per heavy atom. The molecule has 1 N–H and O–H groups in total. The minimum absolute atomic E-state index is 0.156. The van der Waals surface area contributed by atoms with Gasteiger partial charge in [-0.05, 0) is 46.0 Å². The minimum atomic E-state index is -0.932. The van der Waals surface area contributed by atoms with E-state index in [0.29, 0.717) is 0 Å². The van der Waals surface area contributed by atoms with Crippen LogP contribution in [-0.4, -0.2) is 98.8 Å². The van der Waals surface area contributed by atoms with Gasteiger partial charge in [-0.1, -0.05) is 0 Å². The van der Waals surface area contributed by atoms with Gasteiger partial charge in [0, 0.05) is 37.3 Å². The third-order valence-corrected chi connectivity index (χ3v) is 8.43. The van der Waals surface area contributed by atoms with Crippen molar-refractivity contribution in [3.63, 3.8) is 0 Å². The van der Waals surface area contributed by atoms with Gasteiger partial charge >= 0.3 is 5.97 Å². The van der Waals surface area contributed by atoms with E-state index in [1.165, 1.54) is 17.2 Å². The Balaban J connectivity index is 1.24. The summed E-state index contributed by atoms with van der Waals surface area (Å²) in [6.45, 7) is 11.0. The number of likely N-dealkylation sites (tertiary alicyclic amines) is 1. The van der Waals surface area contributed by atoms with Crippen LogP contribution < -0.4 is 0 Å². The zero-order valence-corrected chi connectivity index (χ0v) is 19.0. The van der Waals surface area contributed by atoms with Crippen molar-refractivity contribution in [3.8, 4) is 0 Å². The van der Waals surface area contributed by atoms with Crippen LogP contribution in [-0.2, 0) is 9.59 Å².